The molecule has 98 valence electrons. The van der Waals surface area contributed by atoms with Crippen LogP contribution in [0.4, 0.5) is 0 Å². The van der Waals surface area contributed by atoms with Crippen LogP contribution in [-0.4, -0.2) is 38.1 Å². The Morgan fingerprint density at radius 3 is 2.28 bits per heavy atom. The Morgan fingerprint density at radius 2 is 1.67 bits per heavy atom. The van der Waals surface area contributed by atoms with Crippen molar-refractivity contribution < 1.29 is 0 Å². The van der Waals surface area contributed by atoms with E-state index in [1.807, 2.05) is 0 Å². The van der Waals surface area contributed by atoms with Crippen LogP contribution in [0, 0.1) is 0 Å². The minimum Gasteiger partial charge on any atom is -0.316 e. The van der Waals surface area contributed by atoms with Gasteiger partial charge in [-0.05, 0) is 68.9 Å². The van der Waals surface area contributed by atoms with Gasteiger partial charge >= 0.3 is 0 Å². The Bertz CT molecular complexity index is 388. The highest BCUT2D eigenvalue weighted by Gasteiger charge is 2.25. The minimum atomic E-state index is 0.751. The molecule has 0 aliphatic carbocycles. The van der Waals surface area contributed by atoms with Crippen LogP contribution in [0.2, 0.25) is 0 Å². The van der Waals surface area contributed by atoms with E-state index in [1.165, 1.54) is 45.4 Å². The van der Waals surface area contributed by atoms with Crippen molar-refractivity contribution in [1.29, 1.82) is 0 Å². The van der Waals surface area contributed by atoms with E-state index < -0.39 is 0 Å². The third-order valence-electron chi connectivity index (χ3n) is 4.65. The maximum absolute atomic E-state index is 3.50. The highest BCUT2D eigenvalue weighted by atomic mass is 15.1. The molecule has 0 saturated carbocycles. The number of piperidine rings is 1. The Kier molecular flexibility index (Phi) is 3.67. The van der Waals surface area contributed by atoms with Crippen molar-refractivity contribution in [3.8, 4) is 0 Å². The molecule has 0 aromatic heterocycles. The number of nitrogens with zero attached hydrogens (tertiary/aromatic N) is 1. The van der Waals surface area contributed by atoms with Crippen molar-refractivity contribution >= 4 is 0 Å². The summed E-state index contributed by atoms with van der Waals surface area (Å²) in [6.07, 6.45) is 3.96. The van der Waals surface area contributed by atoms with Gasteiger partial charge in [-0.15, -0.1) is 0 Å². The number of hydrogen-bond acceptors (Lipinski definition) is 2. The number of nitrogens with one attached hydrogen (secondary N) is 1. The minimum absolute atomic E-state index is 0.751. The number of hydrogen-bond donors (Lipinski definition) is 1. The highest BCUT2D eigenvalue weighted by molar-refractivity contribution is 5.34. The van der Waals surface area contributed by atoms with Crippen LogP contribution in [0.1, 0.15) is 42.2 Å². The molecule has 2 aliphatic rings. The number of likely N-dealkylation sites (tertiary alicyclic amines) is 1. The zero-order chi connectivity index (χ0) is 12.4. The van der Waals surface area contributed by atoms with E-state index in [0.717, 1.165) is 11.8 Å². The lowest BCUT2D eigenvalue weighted by molar-refractivity contribution is 0.254. The number of rotatable bonds is 2. The number of benzene rings is 1. The summed E-state index contributed by atoms with van der Waals surface area (Å²) in [5, 5.41) is 3.50. The molecule has 1 aromatic carbocycles. The molecule has 2 fully saturated rings. The molecule has 18 heavy (non-hydrogen) atoms. The Morgan fingerprint density at radius 1 is 1.00 bits per heavy atom. The zero-order valence-electron chi connectivity index (χ0n) is 11.4. The first-order valence-corrected chi connectivity index (χ1v) is 7.32. The molecule has 0 bridgehead atoms. The first-order valence-electron chi connectivity index (χ1n) is 7.32. The standard InChI is InChI=1S/C16H24N2/c1-18-10-7-13(8-11-18)15-4-2-3-5-16(15)14-6-9-17-12-14/h2-5,13-14,17H,6-12H2,1H3. The summed E-state index contributed by atoms with van der Waals surface area (Å²) in [5.41, 5.74) is 3.26. The molecule has 3 rings (SSSR count). The molecular formula is C16H24N2. The van der Waals surface area contributed by atoms with Gasteiger partial charge in [0.15, 0.2) is 0 Å². The average molecular weight is 244 g/mol. The predicted molar refractivity (Wildman–Crippen MR) is 76.1 cm³/mol. The van der Waals surface area contributed by atoms with Crippen LogP contribution >= 0.6 is 0 Å². The van der Waals surface area contributed by atoms with Crippen molar-refractivity contribution in [1.82, 2.24) is 10.2 Å². The van der Waals surface area contributed by atoms with Gasteiger partial charge in [0.25, 0.3) is 0 Å². The van der Waals surface area contributed by atoms with Crippen LogP contribution in [0.25, 0.3) is 0 Å². The van der Waals surface area contributed by atoms with E-state index in [0.29, 0.717) is 0 Å². The molecule has 1 aromatic rings. The summed E-state index contributed by atoms with van der Waals surface area (Å²) in [6.45, 7) is 4.86. The van der Waals surface area contributed by atoms with Gasteiger partial charge in [0.1, 0.15) is 0 Å². The fourth-order valence-corrected chi connectivity index (χ4v) is 3.49. The van der Waals surface area contributed by atoms with E-state index in [4.69, 9.17) is 0 Å². The van der Waals surface area contributed by atoms with Crippen LogP contribution in [0.15, 0.2) is 24.3 Å². The topological polar surface area (TPSA) is 15.3 Å². The highest BCUT2D eigenvalue weighted by Crippen LogP contribution is 2.35. The molecular weight excluding hydrogens is 220 g/mol. The molecule has 0 amide bonds. The van der Waals surface area contributed by atoms with Crippen molar-refractivity contribution in [2.45, 2.75) is 31.1 Å². The van der Waals surface area contributed by atoms with E-state index in [1.54, 1.807) is 11.1 Å². The van der Waals surface area contributed by atoms with Gasteiger partial charge in [0.2, 0.25) is 0 Å². The third kappa shape index (κ3) is 2.45. The molecule has 2 aliphatic heterocycles. The molecule has 0 radical (unpaired) electrons. The van der Waals surface area contributed by atoms with Crippen LogP contribution in [0.5, 0.6) is 0 Å². The molecule has 1 atom stereocenters. The lowest BCUT2D eigenvalue weighted by atomic mass is 9.82. The molecule has 2 nitrogen and oxygen atoms in total. The van der Waals surface area contributed by atoms with E-state index in [9.17, 15) is 0 Å². The van der Waals surface area contributed by atoms with Crippen molar-refractivity contribution in [3.63, 3.8) is 0 Å². The summed E-state index contributed by atoms with van der Waals surface area (Å²) in [5.74, 6) is 1.54. The van der Waals surface area contributed by atoms with Crippen molar-refractivity contribution in [2.24, 2.45) is 0 Å². The molecule has 1 N–H and O–H groups in total. The predicted octanol–water partition coefficient (Wildman–Crippen LogP) is 2.57. The first-order chi connectivity index (χ1) is 8.84. The van der Waals surface area contributed by atoms with Gasteiger partial charge in [0.05, 0.1) is 0 Å². The smallest absolute Gasteiger partial charge is 0.00207 e. The Balaban J connectivity index is 1.82. The summed E-state index contributed by atoms with van der Waals surface area (Å²) >= 11 is 0. The lowest BCUT2D eigenvalue weighted by Gasteiger charge is -2.31. The largest absolute Gasteiger partial charge is 0.316 e. The maximum atomic E-state index is 3.50. The van der Waals surface area contributed by atoms with Crippen LogP contribution < -0.4 is 5.32 Å². The molecule has 1 unspecified atom stereocenters. The summed E-state index contributed by atoms with van der Waals surface area (Å²) < 4.78 is 0. The van der Waals surface area contributed by atoms with Crippen molar-refractivity contribution in [2.75, 3.05) is 33.2 Å². The molecule has 0 spiro atoms. The van der Waals surface area contributed by atoms with E-state index in [-0.39, 0.29) is 0 Å². The van der Waals surface area contributed by atoms with Gasteiger partial charge < -0.3 is 10.2 Å². The monoisotopic (exact) mass is 244 g/mol. The zero-order valence-corrected chi connectivity index (χ0v) is 11.4. The second kappa shape index (κ2) is 5.41. The van der Waals surface area contributed by atoms with E-state index in [2.05, 4.69) is 41.5 Å². The summed E-state index contributed by atoms with van der Waals surface area (Å²) in [4.78, 5) is 2.45. The van der Waals surface area contributed by atoms with Gasteiger partial charge in [0, 0.05) is 6.54 Å². The second-order valence-electron chi connectivity index (χ2n) is 5.90. The molecule has 2 saturated heterocycles. The quantitative estimate of drug-likeness (QED) is 0.860. The summed E-state index contributed by atoms with van der Waals surface area (Å²) in [6, 6.07) is 9.18. The third-order valence-corrected chi connectivity index (χ3v) is 4.65. The van der Waals surface area contributed by atoms with Gasteiger partial charge in [-0.2, -0.15) is 0 Å². The normalized spacial score (nSPS) is 26.6. The van der Waals surface area contributed by atoms with Crippen LogP contribution in [-0.2, 0) is 0 Å². The van der Waals surface area contributed by atoms with Crippen molar-refractivity contribution in [3.05, 3.63) is 35.4 Å². The van der Waals surface area contributed by atoms with E-state index >= 15 is 0 Å². The van der Waals surface area contributed by atoms with Crippen LogP contribution in [0.3, 0.4) is 0 Å². The SMILES string of the molecule is CN1CCC(c2ccccc2C2CCNC2)CC1. The molecule has 2 heteroatoms. The maximum Gasteiger partial charge on any atom is 0.00207 e. The van der Waals surface area contributed by atoms with Gasteiger partial charge in [-0.3, -0.25) is 0 Å². The lowest BCUT2D eigenvalue weighted by Crippen LogP contribution is -2.29. The Hall–Kier alpha value is -0.860. The van der Waals surface area contributed by atoms with Gasteiger partial charge in [-0.25, -0.2) is 0 Å². The Labute approximate surface area is 110 Å². The average Bonchev–Trinajstić information content (AvgIpc) is 2.93. The fourth-order valence-electron chi connectivity index (χ4n) is 3.49. The molecule has 2 heterocycles. The summed E-state index contributed by atoms with van der Waals surface area (Å²) in [7, 11) is 2.24. The van der Waals surface area contributed by atoms with Gasteiger partial charge in [-0.1, -0.05) is 24.3 Å². The first kappa shape index (κ1) is 12.2. The second-order valence-corrected chi connectivity index (χ2v) is 5.90. The fraction of sp³-hybridized carbons (Fsp3) is 0.625.